The van der Waals surface area contributed by atoms with E-state index < -0.39 is 11.1 Å². The third-order valence-corrected chi connectivity index (χ3v) is 8.57. The van der Waals surface area contributed by atoms with Crippen LogP contribution >= 0.6 is 11.6 Å². The summed E-state index contributed by atoms with van der Waals surface area (Å²) in [6.45, 7) is 7.13. The smallest absolute Gasteiger partial charge is 0.235 e. The average molecular weight is 537 g/mol. The molecule has 1 atom stereocenters. The number of rotatable bonds is 5. The lowest BCUT2D eigenvalue weighted by molar-refractivity contribution is -0.141. The Labute approximate surface area is 224 Å². The first kappa shape index (κ1) is 25.0. The van der Waals surface area contributed by atoms with E-state index in [1.54, 1.807) is 11.4 Å². The van der Waals surface area contributed by atoms with Crippen LogP contribution in [0.1, 0.15) is 39.2 Å². The van der Waals surface area contributed by atoms with Gasteiger partial charge in [-0.05, 0) is 55.8 Å². The fourth-order valence-corrected chi connectivity index (χ4v) is 5.98. The molecule has 0 spiro atoms. The van der Waals surface area contributed by atoms with Crippen molar-refractivity contribution in [3.8, 4) is 11.3 Å². The molecule has 1 aromatic carbocycles. The summed E-state index contributed by atoms with van der Waals surface area (Å²) < 4.78 is 19.3. The highest BCUT2D eigenvalue weighted by molar-refractivity contribution is 6.32. The third kappa shape index (κ3) is 3.99. The molecular formula is C28H30ClFN6O2. The van der Waals surface area contributed by atoms with Crippen molar-refractivity contribution < 1.29 is 14.0 Å². The Bertz CT molecular complexity index is 1590. The summed E-state index contributed by atoms with van der Waals surface area (Å²) in [5.74, 6) is -0.730. The highest BCUT2D eigenvalue weighted by atomic mass is 35.5. The number of nitrogens with zero attached hydrogens (tertiary/aromatic N) is 5. The Morgan fingerprint density at radius 2 is 1.95 bits per heavy atom. The number of hydrogen-bond acceptors (Lipinski definition) is 5. The summed E-state index contributed by atoms with van der Waals surface area (Å²) in [7, 11) is 0. The molecule has 38 heavy (non-hydrogen) atoms. The van der Waals surface area contributed by atoms with Gasteiger partial charge in [-0.1, -0.05) is 32.4 Å². The first-order valence-corrected chi connectivity index (χ1v) is 13.3. The topological polar surface area (TPSA) is 84.5 Å². The molecule has 4 aromatic rings. The largest absolute Gasteiger partial charge is 0.344 e. The van der Waals surface area contributed by atoms with Crippen molar-refractivity contribution in [1.82, 2.24) is 29.4 Å². The Kier molecular flexibility index (Phi) is 5.84. The van der Waals surface area contributed by atoms with Gasteiger partial charge in [-0.2, -0.15) is 5.10 Å². The molecule has 0 radical (unpaired) electrons. The number of alkyl halides is 1. The fraction of sp³-hybridized carbons (Fsp3) is 0.429. The fourth-order valence-electron chi connectivity index (χ4n) is 5.75. The van der Waals surface area contributed by atoms with Crippen LogP contribution in [0.15, 0.2) is 43.0 Å². The van der Waals surface area contributed by atoms with Crippen molar-refractivity contribution >= 4 is 39.8 Å². The van der Waals surface area contributed by atoms with E-state index >= 15 is 4.39 Å². The van der Waals surface area contributed by atoms with E-state index in [0.29, 0.717) is 42.2 Å². The Morgan fingerprint density at radius 3 is 2.66 bits per heavy atom. The number of carbonyl (C=O) groups is 2. The van der Waals surface area contributed by atoms with E-state index in [1.807, 2.05) is 55.1 Å². The normalized spacial score (nSPS) is 21.2. The van der Waals surface area contributed by atoms with E-state index in [1.165, 1.54) is 11.2 Å². The van der Waals surface area contributed by atoms with Gasteiger partial charge < -0.3 is 9.88 Å². The molecule has 2 fully saturated rings. The standard InChI is InChI=1S/C28H30ClFN6O2/c1-17-25(37)35(26(38)27(17,2)3)13-18-10-22-23(32-16-33-36(22)14-18)21-12-20(29)11-19-4-9-34(24(19)21)15-28(30)5-7-31-8-6-28/h4,9-12,14,16-17,31H,5-8,13,15H2,1-3H3. The Balaban J connectivity index is 1.42. The van der Waals surface area contributed by atoms with E-state index in [4.69, 9.17) is 11.6 Å². The predicted molar refractivity (Wildman–Crippen MR) is 143 cm³/mol. The highest BCUT2D eigenvalue weighted by Crippen LogP contribution is 2.39. The number of benzene rings is 1. The van der Waals surface area contributed by atoms with Gasteiger partial charge in [0.15, 0.2) is 0 Å². The molecular weight excluding hydrogens is 507 g/mol. The summed E-state index contributed by atoms with van der Waals surface area (Å²) in [5, 5.41) is 9.05. The van der Waals surface area contributed by atoms with Gasteiger partial charge in [0.1, 0.15) is 12.0 Å². The van der Waals surface area contributed by atoms with Crippen LogP contribution in [-0.2, 0) is 22.7 Å². The number of amides is 2. The summed E-state index contributed by atoms with van der Waals surface area (Å²) >= 11 is 6.52. The SMILES string of the molecule is CC1C(=O)N(Cc2cc3c(-c4cc(Cl)cc5ccn(CC6(F)CCNCC6)c45)ncnn3c2)C(=O)C1(C)C. The van der Waals surface area contributed by atoms with Crippen LogP contribution in [0.3, 0.4) is 0 Å². The first-order chi connectivity index (χ1) is 18.1. The molecule has 2 amide bonds. The summed E-state index contributed by atoms with van der Waals surface area (Å²) in [6, 6.07) is 7.57. The van der Waals surface area contributed by atoms with Gasteiger partial charge in [-0.3, -0.25) is 14.5 Å². The summed E-state index contributed by atoms with van der Waals surface area (Å²) in [5.41, 5.74) is 1.72. The van der Waals surface area contributed by atoms with Gasteiger partial charge >= 0.3 is 0 Å². The Hall–Kier alpha value is -3.30. The maximum atomic E-state index is 15.7. The number of imide groups is 1. The quantitative estimate of drug-likeness (QED) is 0.376. The minimum absolute atomic E-state index is 0.161. The van der Waals surface area contributed by atoms with Crippen molar-refractivity contribution in [2.24, 2.45) is 11.3 Å². The third-order valence-electron chi connectivity index (χ3n) is 8.35. The zero-order valence-corrected chi connectivity index (χ0v) is 22.4. The van der Waals surface area contributed by atoms with Crippen LogP contribution in [0.4, 0.5) is 4.39 Å². The maximum Gasteiger partial charge on any atom is 0.235 e. The zero-order chi connectivity index (χ0) is 26.8. The summed E-state index contributed by atoms with van der Waals surface area (Å²) in [4.78, 5) is 31.7. The van der Waals surface area contributed by atoms with Crippen LogP contribution < -0.4 is 5.32 Å². The second-order valence-corrected chi connectivity index (χ2v) is 11.6. The summed E-state index contributed by atoms with van der Waals surface area (Å²) in [6.07, 6.45) is 6.09. The van der Waals surface area contributed by atoms with Gasteiger partial charge in [-0.15, -0.1) is 0 Å². The minimum Gasteiger partial charge on any atom is -0.344 e. The number of aromatic nitrogens is 4. The van der Waals surface area contributed by atoms with Gasteiger partial charge in [0.25, 0.3) is 0 Å². The molecule has 1 N–H and O–H groups in total. The first-order valence-electron chi connectivity index (χ1n) is 12.9. The molecule has 198 valence electrons. The molecule has 3 aromatic heterocycles. The van der Waals surface area contributed by atoms with Crippen molar-refractivity contribution in [3.63, 3.8) is 0 Å². The monoisotopic (exact) mass is 536 g/mol. The molecule has 0 bridgehead atoms. The molecule has 0 saturated carbocycles. The lowest BCUT2D eigenvalue weighted by Crippen LogP contribution is -2.41. The van der Waals surface area contributed by atoms with Gasteiger partial charge in [0.2, 0.25) is 11.8 Å². The van der Waals surface area contributed by atoms with E-state index in [-0.39, 0.29) is 30.8 Å². The number of halogens is 2. The molecule has 0 aliphatic carbocycles. The van der Waals surface area contributed by atoms with Crippen molar-refractivity contribution in [2.75, 3.05) is 13.1 Å². The molecule has 6 rings (SSSR count). The van der Waals surface area contributed by atoms with Crippen molar-refractivity contribution in [3.05, 3.63) is 53.6 Å². The number of likely N-dealkylation sites (tertiary alicyclic amines) is 1. The molecule has 8 nitrogen and oxygen atoms in total. The van der Waals surface area contributed by atoms with Gasteiger partial charge in [-0.25, -0.2) is 13.9 Å². The van der Waals surface area contributed by atoms with E-state index in [9.17, 15) is 9.59 Å². The Morgan fingerprint density at radius 1 is 1.18 bits per heavy atom. The maximum absolute atomic E-state index is 15.7. The van der Waals surface area contributed by atoms with Crippen LogP contribution in [0.25, 0.3) is 27.7 Å². The molecule has 2 aliphatic heterocycles. The number of carbonyl (C=O) groups excluding carboxylic acids is 2. The molecule has 2 saturated heterocycles. The molecule has 5 heterocycles. The second-order valence-electron chi connectivity index (χ2n) is 11.2. The molecule has 2 aliphatic rings. The minimum atomic E-state index is -1.29. The zero-order valence-electron chi connectivity index (χ0n) is 21.7. The number of fused-ring (bicyclic) bond motifs is 2. The van der Waals surface area contributed by atoms with Crippen molar-refractivity contribution in [2.45, 2.75) is 52.4 Å². The van der Waals surface area contributed by atoms with Crippen LogP contribution in [0, 0.1) is 11.3 Å². The van der Waals surface area contributed by atoms with E-state index in [2.05, 4.69) is 15.4 Å². The van der Waals surface area contributed by atoms with Crippen LogP contribution in [0.5, 0.6) is 0 Å². The lowest BCUT2D eigenvalue weighted by atomic mass is 9.82. The van der Waals surface area contributed by atoms with Gasteiger partial charge in [0.05, 0.1) is 35.2 Å². The second kappa shape index (κ2) is 8.88. The predicted octanol–water partition coefficient (Wildman–Crippen LogP) is 4.63. The van der Waals surface area contributed by atoms with Crippen molar-refractivity contribution in [1.29, 1.82) is 0 Å². The molecule has 10 heteroatoms. The number of nitrogens with one attached hydrogen (secondary N) is 1. The number of hydrogen-bond donors (Lipinski definition) is 1. The average Bonchev–Trinajstić information content (AvgIpc) is 3.52. The van der Waals surface area contributed by atoms with Crippen LogP contribution in [-0.4, -0.2) is 54.6 Å². The molecule has 1 unspecified atom stereocenters. The van der Waals surface area contributed by atoms with Gasteiger partial charge in [0, 0.05) is 34.3 Å². The van der Waals surface area contributed by atoms with E-state index in [0.717, 1.165) is 22.0 Å². The van der Waals surface area contributed by atoms with Crippen LogP contribution in [0.2, 0.25) is 5.02 Å². The number of piperidine rings is 1. The highest BCUT2D eigenvalue weighted by Gasteiger charge is 2.50. The lowest BCUT2D eigenvalue weighted by Gasteiger charge is -2.30.